The first-order valence-electron chi connectivity index (χ1n) is 10.2. The standard InChI is InChI=1S/C24H24N4O3S/c1-4-31-19-11-13-20(14-12-19)32(29,30)28-24-23(25-18-10-9-16(2)17(3)15-18)26-21-7-5-6-8-22(21)27-24/h5-15H,4H2,1-3H3,(H,25,26)(H,27,28). The molecule has 0 saturated heterocycles. The van der Waals surface area contributed by atoms with Crippen molar-refractivity contribution in [2.24, 2.45) is 0 Å². The van der Waals surface area contributed by atoms with Gasteiger partial charge < -0.3 is 10.1 Å². The zero-order valence-electron chi connectivity index (χ0n) is 18.1. The monoisotopic (exact) mass is 448 g/mol. The molecule has 2 N–H and O–H groups in total. The molecule has 0 spiro atoms. The van der Waals surface area contributed by atoms with Crippen LogP contribution in [0.2, 0.25) is 0 Å². The molecule has 8 heteroatoms. The van der Waals surface area contributed by atoms with Gasteiger partial charge in [-0.3, -0.25) is 4.72 Å². The number of hydrogen-bond donors (Lipinski definition) is 2. The molecule has 0 fully saturated rings. The Balaban J connectivity index is 1.72. The molecule has 0 unspecified atom stereocenters. The Labute approximate surface area is 187 Å². The number of para-hydroxylation sites is 2. The fraction of sp³-hybridized carbons (Fsp3) is 0.167. The van der Waals surface area contributed by atoms with Crippen molar-refractivity contribution in [1.29, 1.82) is 0 Å². The third-order valence-electron chi connectivity index (χ3n) is 5.02. The van der Waals surface area contributed by atoms with Gasteiger partial charge in [-0.15, -0.1) is 0 Å². The predicted octanol–water partition coefficient (Wildman–Crippen LogP) is 5.19. The summed E-state index contributed by atoms with van der Waals surface area (Å²) in [4.78, 5) is 9.25. The number of hydrogen-bond acceptors (Lipinski definition) is 6. The maximum Gasteiger partial charge on any atom is 0.263 e. The maximum atomic E-state index is 13.1. The summed E-state index contributed by atoms with van der Waals surface area (Å²) in [5.41, 5.74) is 4.31. The molecule has 7 nitrogen and oxygen atoms in total. The molecule has 0 radical (unpaired) electrons. The second-order valence-corrected chi connectivity index (χ2v) is 9.03. The normalized spacial score (nSPS) is 11.3. The van der Waals surface area contributed by atoms with Gasteiger partial charge in [0, 0.05) is 5.69 Å². The van der Waals surface area contributed by atoms with E-state index in [4.69, 9.17) is 4.74 Å². The highest BCUT2D eigenvalue weighted by Gasteiger charge is 2.19. The van der Waals surface area contributed by atoms with E-state index in [-0.39, 0.29) is 10.7 Å². The smallest absolute Gasteiger partial charge is 0.263 e. The average Bonchev–Trinajstić information content (AvgIpc) is 2.77. The molecule has 0 amide bonds. The first kappa shape index (κ1) is 21.6. The van der Waals surface area contributed by atoms with Gasteiger partial charge in [-0.2, -0.15) is 0 Å². The number of benzene rings is 3. The second-order valence-electron chi connectivity index (χ2n) is 7.34. The Bertz CT molecular complexity index is 1370. The van der Waals surface area contributed by atoms with Gasteiger partial charge in [0.2, 0.25) is 0 Å². The van der Waals surface area contributed by atoms with E-state index in [9.17, 15) is 8.42 Å². The van der Waals surface area contributed by atoms with E-state index in [1.54, 1.807) is 18.2 Å². The van der Waals surface area contributed by atoms with Crippen LogP contribution >= 0.6 is 0 Å². The first-order valence-corrected chi connectivity index (χ1v) is 11.7. The van der Waals surface area contributed by atoms with Crippen LogP contribution in [0.25, 0.3) is 11.0 Å². The van der Waals surface area contributed by atoms with Crippen molar-refractivity contribution < 1.29 is 13.2 Å². The number of aryl methyl sites for hydroxylation is 2. The number of rotatable bonds is 7. The maximum absolute atomic E-state index is 13.1. The summed E-state index contributed by atoms with van der Waals surface area (Å²) in [6.07, 6.45) is 0. The lowest BCUT2D eigenvalue weighted by molar-refractivity contribution is 0.340. The van der Waals surface area contributed by atoms with Crippen molar-refractivity contribution >= 4 is 38.4 Å². The third kappa shape index (κ3) is 4.65. The van der Waals surface area contributed by atoms with Crippen molar-refractivity contribution in [3.8, 4) is 5.75 Å². The molecule has 0 bridgehead atoms. The lowest BCUT2D eigenvalue weighted by Crippen LogP contribution is -2.16. The number of fused-ring (bicyclic) bond motifs is 1. The Hall–Kier alpha value is -3.65. The fourth-order valence-corrected chi connectivity index (χ4v) is 4.19. The highest BCUT2D eigenvalue weighted by molar-refractivity contribution is 7.92. The van der Waals surface area contributed by atoms with Gasteiger partial charge in [-0.05, 0) is 80.4 Å². The molecule has 1 heterocycles. The van der Waals surface area contributed by atoms with Crippen molar-refractivity contribution in [1.82, 2.24) is 9.97 Å². The number of anilines is 3. The molecular formula is C24H24N4O3S. The number of sulfonamides is 1. The van der Waals surface area contributed by atoms with Crippen LogP contribution in [-0.2, 0) is 10.0 Å². The second kappa shape index (κ2) is 8.84. The average molecular weight is 449 g/mol. The lowest BCUT2D eigenvalue weighted by Gasteiger charge is -2.15. The number of ether oxygens (including phenoxy) is 1. The zero-order chi connectivity index (χ0) is 22.7. The molecule has 0 aliphatic carbocycles. The first-order chi connectivity index (χ1) is 15.4. The van der Waals surface area contributed by atoms with Crippen molar-refractivity contribution in [2.45, 2.75) is 25.7 Å². The molecule has 3 aromatic carbocycles. The van der Waals surface area contributed by atoms with Crippen molar-refractivity contribution in [3.05, 3.63) is 77.9 Å². The van der Waals surface area contributed by atoms with E-state index in [0.29, 0.717) is 29.2 Å². The largest absolute Gasteiger partial charge is 0.494 e. The number of aromatic nitrogens is 2. The molecule has 1 aromatic heterocycles. The predicted molar refractivity (Wildman–Crippen MR) is 127 cm³/mol. The van der Waals surface area contributed by atoms with Gasteiger partial charge in [0.05, 0.1) is 22.5 Å². The minimum Gasteiger partial charge on any atom is -0.494 e. The molecule has 0 aliphatic heterocycles. The van der Waals surface area contributed by atoms with E-state index >= 15 is 0 Å². The van der Waals surface area contributed by atoms with Crippen molar-refractivity contribution in [3.63, 3.8) is 0 Å². The van der Waals surface area contributed by atoms with Crippen LogP contribution in [0.4, 0.5) is 17.3 Å². The van der Waals surface area contributed by atoms with Crippen LogP contribution < -0.4 is 14.8 Å². The van der Waals surface area contributed by atoms with Crippen LogP contribution in [0.5, 0.6) is 5.75 Å². The molecule has 0 atom stereocenters. The quantitative estimate of drug-likeness (QED) is 0.404. The lowest BCUT2D eigenvalue weighted by atomic mass is 10.1. The highest BCUT2D eigenvalue weighted by atomic mass is 32.2. The van der Waals surface area contributed by atoms with Crippen molar-refractivity contribution in [2.75, 3.05) is 16.6 Å². The summed E-state index contributed by atoms with van der Waals surface area (Å²) in [7, 11) is -3.89. The van der Waals surface area contributed by atoms with E-state index in [2.05, 4.69) is 20.0 Å². The Morgan fingerprint density at radius 1 is 0.844 bits per heavy atom. The van der Waals surface area contributed by atoms with Crippen LogP contribution in [0.1, 0.15) is 18.1 Å². The molecule has 32 heavy (non-hydrogen) atoms. The van der Waals surface area contributed by atoms with Crippen LogP contribution in [0.3, 0.4) is 0 Å². The Morgan fingerprint density at radius 2 is 1.50 bits per heavy atom. The van der Waals surface area contributed by atoms with E-state index in [1.807, 2.05) is 57.2 Å². The SMILES string of the molecule is CCOc1ccc(S(=O)(=O)Nc2nc3ccccc3nc2Nc2ccc(C)c(C)c2)cc1. The molecule has 4 rings (SSSR count). The van der Waals surface area contributed by atoms with Gasteiger partial charge in [0.15, 0.2) is 11.6 Å². The third-order valence-corrected chi connectivity index (χ3v) is 6.37. The summed E-state index contributed by atoms with van der Waals surface area (Å²) in [5, 5.41) is 3.21. The fourth-order valence-electron chi connectivity index (χ4n) is 3.18. The van der Waals surface area contributed by atoms with Gasteiger partial charge in [0.25, 0.3) is 10.0 Å². The van der Waals surface area contributed by atoms with E-state index in [0.717, 1.165) is 16.8 Å². The molecule has 0 saturated carbocycles. The molecule has 164 valence electrons. The minimum atomic E-state index is -3.89. The minimum absolute atomic E-state index is 0.105. The summed E-state index contributed by atoms with van der Waals surface area (Å²) in [5.74, 6) is 1.05. The summed E-state index contributed by atoms with van der Waals surface area (Å²) < 4.78 is 34.1. The molecule has 4 aromatic rings. The zero-order valence-corrected chi connectivity index (χ0v) is 18.9. The van der Waals surface area contributed by atoms with Crippen LogP contribution in [0.15, 0.2) is 71.6 Å². The van der Waals surface area contributed by atoms with E-state index < -0.39 is 10.0 Å². The van der Waals surface area contributed by atoms with E-state index in [1.165, 1.54) is 12.1 Å². The topological polar surface area (TPSA) is 93.2 Å². The van der Waals surface area contributed by atoms with Crippen LogP contribution in [0, 0.1) is 13.8 Å². The Morgan fingerprint density at radius 3 is 2.12 bits per heavy atom. The highest BCUT2D eigenvalue weighted by Crippen LogP contribution is 2.28. The van der Waals surface area contributed by atoms with Gasteiger partial charge in [0.1, 0.15) is 5.75 Å². The van der Waals surface area contributed by atoms with Gasteiger partial charge >= 0.3 is 0 Å². The van der Waals surface area contributed by atoms with Crippen LogP contribution in [-0.4, -0.2) is 25.0 Å². The Kier molecular flexibility index (Phi) is 5.96. The van der Waals surface area contributed by atoms with Gasteiger partial charge in [-0.1, -0.05) is 18.2 Å². The summed E-state index contributed by atoms with van der Waals surface area (Å²) >= 11 is 0. The summed E-state index contributed by atoms with van der Waals surface area (Å²) in [6, 6.07) is 19.5. The number of nitrogens with one attached hydrogen (secondary N) is 2. The molecular weight excluding hydrogens is 424 g/mol. The number of nitrogens with zero attached hydrogens (tertiary/aromatic N) is 2. The van der Waals surface area contributed by atoms with Gasteiger partial charge in [-0.25, -0.2) is 18.4 Å². The summed E-state index contributed by atoms with van der Waals surface area (Å²) in [6.45, 7) is 6.42. The molecule has 0 aliphatic rings.